The molecule has 0 aromatic heterocycles. The van der Waals surface area contributed by atoms with Crippen LogP contribution in [-0.2, 0) is 10.8 Å². The molecule has 33 heavy (non-hydrogen) atoms. The summed E-state index contributed by atoms with van der Waals surface area (Å²) in [6.45, 7) is 11.0. The van der Waals surface area contributed by atoms with Crippen molar-refractivity contribution in [3.63, 3.8) is 0 Å². The predicted molar refractivity (Wildman–Crippen MR) is 137 cm³/mol. The molecule has 0 aliphatic heterocycles. The Balaban J connectivity index is 1.77. The largest absolute Gasteiger partial charge is 0.508 e. The quantitative estimate of drug-likeness (QED) is 0.339. The van der Waals surface area contributed by atoms with Crippen LogP contribution in [0.5, 0.6) is 11.5 Å². The molecule has 0 aliphatic carbocycles. The molecule has 0 bridgehead atoms. The molecule has 3 nitrogen and oxygen atoms in total. The lowest BCUT2D eigenvalue weighted by atomic mass is 9.81. The molecule has 0 saturated heterocycles. The number of ether oxygens (including phenoxy) is 1. The van der Waals surface area contributed by atoms with Gasteiger partial charge in [0, 0.05) is 21.2 Å². The van der Waals surface area contributed by atoms with Crippen LogP contribution in [0.4, 0.5) is 0 Å². The number of halogens is 1. The fourth-order valence-corrected chi connectivity index (χ4v) is 4.69. The third-order valence-electron chi connectivity index (χ3n) is 6.12. The van der Waals surface area contributed by atoms with Crippen molar-refractivity contribution in [3.05, 3.63) is 82.4 Å². The van der Waals surface area contributed by atoms with Gasteiger partial charge in [-0.3, -0.25) is 0 Å². The van der Waals surface area contributed by atoms with Crippen LogP contribution in [0.3, 0.4) is 0 Å². The van der Waals surface area contributed by atoms with Crippen molar-refractivity contribution < 1.29 is 9.84 Å². The van der Waals surface area contributed by atoms with Crippen LogP contribution in [0.25, 0.3) is 21.5 Å². The number of aromatic hydroxyl groups is 1. The number of benzene rings is 4. The molecule has 4 heteroatoms. The Morgan fingerprint density at radius 1 is 0.879 bits per heavy atom. The highest BCUT2D eigenvalue weighted by Gasteiger charge is 2.27. The minimum atomic E-state index is -0.423. The van der Waals surface area contributed by atoms with Gasteiger partial charge < -0.3 is 9.84 Å². The molecule has 0 aliphatic rings. The van der Waals surface area contributed by atoms with E-state index in [2.05, 4.69) is 40.7 Å². The molecule has 4 aromatic carbocycles. The summed E-state index contributed by atoms with van der Waals surface area (Å²) >= 11 is 6.55. The molecule has 0 unspecified atom stereocenters. The monoisotopic (exact) mass is 457 g/mol. The topological polar surface area (TPSA) is 53.2 Å². The second kappa shape index (κ2) is 8.28. The molecule has 0 atom stereocenters. The summed E-state index contributed by atoms with van der Waals surface area (Å²) in [6.07, 6.45) is 0. The van der Waals surface area contributed by atoms with Crippen LogP contribution in [0.2, 0.25) is 5.02 Å². The van der Waals surface area contributed by atoms with Gasteiger partial charge in [0.25, 0.3) is 0 Å². The Hall–Kier alpha value is -3.22. The van der Waals surface area contributed by atoms with Gasteiger partial charge >= 0.3 is 0 Å². The van der Waals surface area contributed by atoms with Crippen molar-refractivity contribution >= 4 is 33.1 Å². The second-order valence-electron chi connectivity index (χ2n) is 10.2. The molecule has 0 amide bonds. The number of rotatable bonds is 4. The van der Waals surface area contributed by atoms with E-state index in [0.29, 0.717) is 17.2 Å². The lowest BCUT2D eigenvalue weighted by Gasteiger charge is -2.28. The molecular weight excluding hydrogens is 430 g/mol. The Kier molecular flexibility index (Phi) is 5.76. The van der Waals surface area contributed by atoms with Crippen molar-refractivity contribution in [3.8, 4) is 17.6 Å². The van der Waals surface area contributed by atoms with Crippen molar-refractivity contribution in [1.82, 2.24) is 0 Å². The zero-order valence-corrected chi connectivity index (χ0v) is 20.4. The fraction of sp³-hybridized carbons (Fsp3) is 0.276. The first kappa shape index (κ1) is 23.0. The summed E-state index contributed by atoms with van der Waals surface area (Å²) in [7, 11) is 0. The first-order valence-electron chi connectivity index (χ1n) is 11.0. The van der Waals surface area contributed by atoms with E-state index in [-0.39, 0.29) is 11.2 Å². The van der Waals surface area contributed by atoms with Crippen molar-refractivity contribution in [2.75, 3.05) is 6.61 Å². The average Bonchev–Trinajstić information content (AvgIpc) is 2.75. The number of fused-ring (bicyclic) bond motifs is 2. The van der Waals surface area contributed by atoms with Gasteiger partial charge in [-0.25, -0.2) is 0 Å². The standard InChI is InChI=1S/C29H28ClNO2/c1-28(2,3)23-15-22(13-19-8-6-10-20(16-31)26(19)23)33-17-29(4,5)24-14-21(32)12-18-9-7-11-25(30)27(18)24/h6-15,32H,17H2,1-5H3. The molecule has 4 aromatic rings. The van der Waals surface area contributed by atoms with Crippen LogP contribution in [-0.4, -0.2) is 11.7 Å². The van der Waals surface area contributed by atoms with Crippen molar-refractivity contribution in [2.24, 2.45) is 0 Å². The highest BCUT2D eigenvalue weighted by Crippen LogP contribution is 2.39. The summed E-state index contributed by atoms with van der Waals surface area (Å²) in [4.78, 5) is 0. The maximum atomic E-state index is 10.3. The maximum Gasteiger partial charge on any atom is 0.120 e. The van der Waals surface area contributed by atoms with Crippen LogP contribution in [0.1, 0.15) is 51.3 Å². The molecule has 0 radical (unpaired) electrons. The molecule has 1 N–H and O–H groups in total. The molecule has 0 saturated carbocycles. The van der Waals surface area contributed by atoms with Crippen LogP contribution < -0.4 is 4.74 Å². The van der Waals surface area contributed by atoms with Gasteiger partial charge in [0.2, 0.25) is 0 Å². The van der Waals surface area contributed by atoms with Crippen LogP contribution >= 0.6 is 11.6 Å². The van der Waals surface area contributed by atoms with Crippen molar-refractivity contribution in [2.45, 2.75) is 45.4 Å². The Morgan fingerprint density at radius 2 is 1.55 bits per heavy atom. The normalized spacial score (nSPS) is 12.2. The smallest absolute Gasteiger partial charge is 0.120 e. The molecule has 0 spiro atoms. The van der Waals surface area contributed by atoms with E-state index in [1.165, 1.54) is 0 Å². The molecule has 4 rings (SSSR count). The van der Waals surface area contributed by atoms with Gasteiger partial charge in [0.1, 0.15) is 11.5 Å². The van der Waals surface area contributed by atoms with Crippen LogP contribution in [0, 0.1) is 11.3 Å². The van der Waals surface area contributed by atoms with Gasteiger partial charge in [-0.15, -0.1) is 0 Å². The summed E-state index contributed by atoms with van der Waals surface area (Å²) in [5.41, 5.74) is 2.11. The summed E-state index contributed by atoms with van der Waals surface area (Å²) in [5, 5.41) is 24.4. The Bertz CT molecular complexity index is 1410. The SMILES string of the molecule is CC(C)(C)c1cc(OCC(C)(C)c2cc(O)cc3cccc(Cl)c23)cc2cccc(C#N)c12. The first-order chi connectivity index (χ1) is 15.5. The lowest BCUT2D eigenvalue weighted by Crippen LogP contribution is -2.26. The lowest BCUT2D eigenvalue weighted by molar-refractivity contribution is 0.241. The summed E-state index contributed by atoms with van der Waals surface area (Å²) < 4.78 is 6.36. The zero-order valence-electron chi connectivity index (χ0n) is 19.7. The summed E-state index contributed by atoms with van der Waals surface area (Å²) in [5.74, 6) is 0.962. The number of hydrogen-bond donors (Lipinski definition) is 1. The fourth-order valence-electron chi connectivity index (χ4n) is 4.41. The van der Waals surface area contributed by atoms with E-state index in [9.17, 15) is 10.4 Å². The predicted octanol–water partition coefficient (Wildman–Crippen LogP) is 7.88. The number of phenolic OH excluding ortho intramolecular Hbond substituents is 1. The van der Waals surface area contributed by atoms with E-state index in [1.807, 2.05) is 48.5 Å². The van der Waals surface area contributed by atoms with Crippen LogP contribution in [0.15, 0.2) is 60.7 Å². The van der Waals surface area contributed by atoms with Gasteiger partial charge in [-0.2, -0.15) is 5.26 Å². The number of phenols is 1. The van der Waals surface area contributed by atoms with E-state index < -0.39 is 5.41 Å². The van der Waals surface area contributed by atoms with E-state index in [1.54, 1.807) is 12.1 Å². The minimum absolute atomic E-state index is 0.158. The second-order valence-corrected chi connectivity index (χ2v) is 10.6. The number of nitrogens with zero attached hydrogens (tertiary/aromatic N) is 1. The maximum absolute atomic E-state index is 10.3. The third-order valence-corrected chi connectivity index (χ3v) is 6.43. The number of hydrogen-bond acceptors (Lipinski definition) is 3. The third kappa shape index (κ3) is 4.36. The van der Waals surface area contributed by atoms with Gasteiger partial charge in [0.05, 0.1) is 18.2 Å². The minimum Gasteiger partial charge on any atom is -0.508 e. The van der Waals surface area contributed by atoms with Gasteiger partial charge in [-0.1, -0.05) is 70.5 Å². The molecule has 168 valence electrons. The molecule has 0 heterocycles. The van der Waals surface area contributed by atoms with E-state index in [0.717, 1.165) is 38.4 Å². The highest BCUT2D eigenvalue weighted by atomic mass is 35.5. The van der Waals surface area contributed by atoms with Gasteiger partial charge in [0.15, 0.2) is 0 Å². The summed E-state index contributed by atoms with van der Waals surface area (Å²) in [6, 6.07) is 21.4. The Morgan fingerprint density at radius 3 is 2.21 bits per heavy atom. The Labute approximate surface area is 200 Å². The highest BCUT2D eigenvalue weighted by molar-refractivity contribution is 6.35. The van der Waals surface area contributed by atoms with Crippen molar-refractivity contribution in [1.29, 1.82) is 5.26 Å². The zero-order chi connectivity index (χ0) is 24.0. The number of nitriles is 1. The van der Waals surface area contributed by atoms with Gasteiger partial charge in [-0.05, 0) is 63.7 Å². The van der Waals surface area contributed by atoms with E-state index >= 15 is 0 Å². The average molecular weight is 458 g/mol. The molecular formula is C29H28ClNO2. The van der Waals surface area contributed by atoms with E-state index in [4.69, 9.17) is 16.3 Å². The first-order valence-corrected chi connectivity index (χ1v) is 11.4. The molecule has 0 fully saturated rings.